The van der Waals surface area contributed by atoms with E-state index in [0.717, 1.165) is 18.0 Å². The van der Waals surface area contributed by atoms with Crippen molar-refractivity contribution in [2.45, 2.75) is 38.8 Å². The van der Waals surface area contributed by atoms with Crippen LogP contribution in [-0.4, -0.2) is 22.2 Å². The molecule has 0 radical (unpaired) electrons. The van der Waals surface area contributed by atoms with Crippen LogP contribution in [0.5, 0.6) is 0 Å². The highest BCUT2D eigenvalue weighted by atomic mass is 32.1. The maximum atomic E-state index is 11.4. The Morgan fingerprint density at radius 1 is 1.45 bits per heavy atom. The van der Waals surface area contributed by atoms with Gasteiger partial charge in [0.1, 0.15) is 5.01 Å². The molecule has 20 heavy (non-hydrogen) atoms. The van der Waals surface area contributed by atoms with Gasteiger partial charge in [-0.15, -0.1) is 22.7 Å². The highest BCUT2D eigenvalue weighted by molar-refractivity contribution is 7.12. The molecule has 1 aliphatic rings. The molecule has 0 bridgehead atoms. The van der Waals surface area contributed by atoms with E-state index in [2.05, 4.69) is 20.6 Å². The van der Waals surface area contributed by atoms with E-state index in [0.29, 0.717) is 6.04 Å². The molecule has 3 rings (SSSR count). The van der Waals surface area contributed by atoms with Gasteiger partial charge < -0.3 is 0 Å². The largest absolute Gasteiger partial charge is 0.294 e. The summed E-state index contributed by atoms with van der Waals surface area (Å²) in [6, 6.07) is 2.49. The van der Waals surface area contributed by atoms with Crippen LogP contribution in [0.4, 0.5) is 0 Å². The standard InChI is InChI=1S/C15H18N2OS2/c1-11(18)14-8-12(10-20-14)9-17-6-3-2-4-13(17)15-16-5-7-19-15/h5,7-8,10,13H,2-4,6,9H2,1H3/t13-/m0/s1. The molecular weight excluding hydrogens is 288 g/mol. The molecule has 0 aromatic carbocycles. The van der Waals surface area contributed by atoms with Crippen LogP contribution in [-0.2, 0) is 6.54 Å². The van der Waals surface area contributed by atoms with Crippen LogP contribution in [0, 0.1) is 0 Å². The van der Waals surface area contributed by atoms with Gasteiger partial charge in [-0.2, -0.15) is 0 Å². The number of rotatable bonds is 4. The predicted octanol–water partition coefficient (Wildman–Crippen LogP) is 4.13. The summed E-state index contributed by atoms with van der Waals surface area (Å²) in [5, 5.41) is 5.40. The first-order valence-corrected chi connectivity index (χ1v) is 8.72. The minimum atomic E-state index is 0.163. The third-order valence-electron chi connectivity index (χ3n) is 3.74. The van der Waals surface area contributed by atoms with Crippen molar-refractivity contribution >= 4 is 28.5 Å². The van der Waals surface area contributed by atoms with Crippen molar-refractivity contribution in [1.82, 2.24) is 9.88 Å². The smallest absolute Gasteiger partial charge is 0.169 e. The van der Waals surface area contributed by atoms with Crippen molar-refractivity contribution in [2.24, 2.45) is 0 Å². The summed E-state index contributed by atoms with van der Waals surface area (Å²) in [5.41, 5.74) is 1.25. The van der Waals surface area contributed by atoms with Crippen molar-refractivity contribution < 1.29 is 4.79 Å². The van der Waals surface area contributed by atoms with Crippen LogP contribution in [0.25, 0.3) is 0 Å². The zero-order valence-corrected chi connectivity index (χ0v) is 13.2. The van der Waals surface area contributed by atoms with E-state index < -0.39 is 0 Å². The van der Waals surface area contributed by atoms with Crippen LogP contribution in [0.15, 0.2) is 23.0 Å². The van der Waals surface area contributed by atoms with Crippen LogP contribution < -0.4 is 0 Å². The van der Waals surface area contributed by atoms with Gasteiger partial charge in [-0.1, -0.05) is 6.42 Å². The summed E-state index contributed by atoms with van der Waals surface area (Å²) in [6.07, 6.45) is 5.62. The van der Waals surface area contributed by atoms with Crippen molar-refractivity contribution in [3.05, 3.63) is 38.5 Å². The SMILES string of the molecule is CC(=O)c1cc(CN2CCCC[C@H]2c2nccs2)cs1. The van der Waals surface area contributed by atoms with E-state index in [-0.39, 0.29) is 5.78 Å². The molecular formula is C15H18N2OS2. The van der Waals surface area contributed by atoms with Crippen LogP contribution in [0.1, 0.15) is 52.5 Å². The molecule has 3 nitrogen and oxygen atoms in total. The molecule has 2 aromatic heterocycles. The molecule has 0 spiro atoms. The summed E-state index contributed by atoms with van der Waals surface area (Å²) in [7, 11) is 0. The molecule has 1 saturated heterocycles. The maximum absolute atomic E-state index is 11.4. The average molecular weight is 306 g/mol. The molecule has 0 amide bonds. The summed E-state index contributed by atoms with van der Waals surface area (Å²) < 4.78 is 0. The highest BCUT2D eigenvalue weighted by Crippen LogP contribution is 2.33. The van der Waals surface area contributed by atoms with Crippen molar-refractivity contribution in [1.29, 1.82) is 0 Å². The first-order valence-electron chi connectivity index (χ1n) is 6.96. The minimum absolute atomic E-state index is 0.163. The number of hydrogen-bond donors (Lipinski definition) is 0. The Hall–Kier alpha value is -1.04. The van der Waals surface area contributed by atoms with Crippen molar-refractivity contribution in [2.75, 3.05) is 6.54 Å². The quantitative estimate of drug-likeness (QED) is 0.796. The normalized spacial score (nSPS) is 20.1. The number of carbonyl (C=O) groups is 1. The van der Waals surface area contributed by atoms with E-state index in [9.17, 15) is 4.79 Å². The van der Waals surface area contributed by atoms with Gasteiger partial charge in [-0.3, -0.25) is 9.69 Å². The lowest BCUT2D eigenvalue weighted by Crippen LogP contribution is -2.32. The first kappa shape index (κ1) is 13.9. The number of aromatic nitrogens is 1. The third-order valence-corrected chi connectivity index (χ3v) is 5.69. The third kappa shape index (κ3) is 3.00. The lowest BCUT2D eigenvalue weighted by molar-refractivity contribution is 0.102. The molecule has 0 unspecified atom stereocenters. The summed E-state index contributed by atoms with van der Waals surface area (Å²) in [6.45, 7) is 3.68. The fourth-order valence-electron chi connectivity index (χ4n) is 2.74. The number of Topliss-reactive ketones (excluding diaryl/α,β-unsaturated/α-hetero) is 1. The zero-order chi connectivity index (χ0) is 13.9. The van der Waals surface area contributed by atoms with Gasteiger partial charge in [0.25, 0.3) is 0 Å². The fraction of sp³-hybridized carbons (Fsp3) is 0.467. The van der Waals surface area contributed by atoms with E-state index in [4.69, 9.17) is 0 Å². The monoisotopic (exact) mass is 306 g/mol. The number of thiazole rings is 1. The number of nitrogens with zero attached hydrogens (tertiary/aromatic N) is 2. The number of ketones is 1. The number of piperidine rings is 1. The second-order valence-electron chi connectivity index (χ2n) is 5.23. The molecule has 0 aliphatic carbocycles. The van der Waals surface area contributed by atoms with E-state index in [1.807, 2.05) is 12.3 Å². The molecule has 3 heterocycles. The molecule has 0 N–H and O–H groups in total. The van der Waals surface area contributed by atoms with Crippen molar-refractivity contribution in [3.63, 3.8) is 0 Å². The predicted molar refractivity (Wildman–Crippen MR) is 83.4 cm³/mol. The second kappa shape index (κ2) is 6.16. The molecule has 1 fully saturated rings. The Morgan fingerprint density at radius 3 is 3.05 bits per heavy atom. The lowest BCUT2D eigenvalue weighted by atomic mass is 10.0. The number of likely N-dealkylation sites (tertiary alicyclic amines) is 1. The molecule has 1 aliphatic heterocycles. The zero-order valence-electron chi connectivity index (χ0n) is 11.5. The van der Waals surface area contributed by atoms with Gasteiger partial charge in [-0.25, -0.2) is 4.98 Å². The topological polar surface area (TPSA) is 33.2 Å². The first-order chi connectivity index (χ1) is 9.74. The van der Waals surface area contributed by atoms with E-state index in [1.165, 1.54) is 29.8 Å². The van der Waals surface area contributed by atoms with Gasteiger partial charge in [0.2, 0.25) is 0 Å². The van der Waals surface area contributed by atoms with Gasteiger partial charge in [0.05, 0.1) is 10.9 Å². The van der Waals surface area contributed by atoms with E-state index in [1.54, 1.807) is 29.6 Å². The van der Waals surface area contributed by atoms with Crippen LogP contribution in [0.3, 0.4) is 0 Å². The number of hydrogen-bond acceptors (Lipinski definition) is 5. The van der Waals surface area contributed by atoms with Crippen LogP contribution in [0.2, 0.25) is 0 Å². The van der Waals surface area contributed by atoms with Gasteiger partial charge in [0.15, 0.2) is 5.78 Å². The molecule has 5 heteroatoms. The molecule has 106 valence electrons. The number of thiophene rings is 1. The van der Waals surface area contributed by atoms with Gasteiger partial charge >= 0.3 is 0 Å². The van der Waals surface area contributed by atoms with Crippen molar-refractivity contribution in [3.8, 4) is 0 Å². The highest BCUT2D eigenvalue weighted by Gasteiger charge is 2.26. The Balaban J connectivity index is 1.74. The van der Waals surface area contributed by atoms with E-state index >= 15 is 0 Å². The molecule has 2 aromatic rings. The van der Waals surface area contributed by atoms with Gasteiger partial charge in [0, 0.05) is 18.1 Å². The van der Waals surface area contributed by atoms with Gasteiger partial charge in [-0.05, 0) is 43.3 Å². The number of carbonyl (C=O) groups excluding carboxylic acids is 1. The minimum Gasteiger partial charge on any atom is -0.294 e. The fourth-order valence-corrected chi connectivity index (χ4v) is 4.35. The average Bonchev–Trinajstić information content (AvgIpc) is 3.10. The maximum Gasteiger partial charge on any atom is 0.169 e. The Kier molecular flexibility index (Phi) is 4.29. The molecule has 0 saturated carbocycles. The Morgan fingerprint density at radius 2 is 2.35 bits per heavy atom. The summed E-state index contributed by atoms with van der Waals surface area (Å²) in [4.78, 5) is 19.3. The summed E-state index contributed by atoms with van der Waals surface area (Å²) >= 11 is 3.31. The second-order valence-corrected chi connectivity index (χ2v) is 7.07. The molecule has 1 atom stereocenters. The Labute approximate surface area is 127 Å². The summed E-state index contributed by atoms with van der Waals surface area (Å²) in [5.74, 6) is 0.163. The van der Waals surface area contributed by atoms with Crippen LogP contribution >= 0.6 is 22.7 Å². The lowest BCUT2D eigenvalue weighted by Gasteiger charge is -2.34. The Bertz CT molecular complexity index is 576.